The number of unbranched alkanes of at least 4 members (excludes halogenated alkanes) is 2. The lowest BCUT2D eigenvalue weighted by atomic mass is 10.0. The second-order valence-electron chi connectivity index (χ2n) is 16.4. The van der Waals surface area contributed by atoms with Gasteiger partial charge in [-0.05, 0) is 132 Å². The molecule has 69 heavy (non-hydrogen) atoms. The summed E-state index contributed by atoms with van der Waals surface area (Å²) in [5.41, 5.74) is 12.3. The molecule has 8 bridgehead atoms. The number of fused-ring (bicyclic) bond motifs is 8. The highest BCUT2D eigenvalue weighted by molar-refractivity contribution is 6.00. The predicted octanol–water partition coefficient (Wildman–Crippen LogP) is 12.8. The summed E-state index contributed by atoms with van der Waals surface area (Å²) < 4.78 is 36.4. The van der Waals surface area contributed by atoms with Crippen LogP contribution < -0.4 is 28.4 Å². The maximum atomic E-state index is 12.1. The normalized spacial score (nSPS) is 11.7. The Morgan fingerprint density at radius 1 is 0.493 bits per heavy atom. The quantitative estimate of drug-likeness (QED) is 0.0745. The second kappa shape index (κ2) is 20.3. The molecule has 13 nitrogen and oxygen atoms in total. The first-order valence-corrected chi connectivity index (χ1v) is 23.0. The molecule has 0 saturated heterocycles. The molecule has 4 aromatic heterocycles. The molecule has 0 amide bonds. The summed E-state index contributed by atoms with van der Waals surface area (Å²) in [5.74, 6) is 2.09. The minimum absolute atomic E-state index is 0.167. The van der Waals surface area contributed by atoms with E-state index in [-0.39, 0.29) is 5.56 Å². The number of ether oxygens (including phenoxy) is 6. The molecule has 2 aliphatic rings. The van der Waals surface area contributed by atoms with Gasteiger partial charge >= 0.3 is 5.97 Å². The Hall–Kier alpha value is -8.32. The van der Waals surface area contributed by atoms with Crippen LogP contribution >= 0.6 is 0 Å². The smallest absolute Gasteiger partial charge is 0.335 e. The number of carbonyl (C=O) groups is 1. The van der Waals surface area contributed by atoms with E-state index in [1.807, 2.05) is 85.0 Å². The van der Waals surface area contributed by atoms with Gasteiger partial charge in [0.25, 0.3) is 0 Å². The van der Waals surface area contributed by atoms with Crippen LogP contribution in [-0.2, 0) is 0 Å². The van der Waals surface area contributed by atoms with Crippen molar-refractivity contribution in [2.24, 2.45) is 0 Å². The van der Waals surface area contributed by atoms with Crippen molar-refractivity contribution in [3.63, 3.8) is 0 Å². The number of pyridine rings is 1. The topological polar surface area (TPSA) is 163 Å². The van der Waals surface area contributed by atoms with Crippen LogP contribution in [0.1, 0.15) is 72.7 Å². The number of H-pyrrole nitrogens is 2. The average Bonchev–Trinajstić information content (AvgIpc) is 4.23. The van der Waals surface area contributed by atoms with Crippen LogP contribution in [0.5, 0.6) is 34.5 Å². The number of aromatic nitrogens is 5. The van der Waals surface area contributed by atoms with E-state index in [1.165, 1.54) is 0 Å². The van der Waals surface area contributed by atoms with Gasteiger partial charge < -0.3 is 43.5 Å². The van der Waals surface area contributed by atoms with Gasteiger partial charge in [0.15, 0.2) is 23.0 Å². The standard InChI is InChI=1S/C56H53N5O8/c1-7-9-27-68-54-46(64-3)29-36(30-47(54)65-4)52-42-19-15-38(58-42)50(33-11-13-35(14-12-33)56(62)63)39-16-20-43(59-39)53(37-31-48(66-5)55(49(32-37)67-6)69-28-10-8-2)45-22-18-41(61-45)51(34-23-25-57-26-24-34)40-17-21-44(52)60-40/h11-26,29-32,58,61H,7-10,27-28H2,1-6H3,(H,62,63). The molecule has 7 aromatic rings. The Morgan fingerprint density at radius 2 is 0.841 bits per heavy atom. The van der Waals surface area contributed by atoms with Gasteiger partial charge in [-0.1, -0.05) is 38.8 Å². The fraction of sp³-hybridized carbons (Fsp3) is 0.214. The molecular formula is C56H53N5O8. The van der Waals surface area contributed by atoms with Crippen LogP contribution in [0.15, 0.2) is 97.3 Å². The summed E-state index contributed by atoms with van der Waals surface area (Å²) >= 11 is 0. The number of carboxylic acids is 1. The molecule has 0 atom stereocenters. The van der Waals surface area contributed by atoms with Crippen LogP contribution in [-0.4, -0.2) is 77.6 Å². The lowest BCUT2D eigenvalue weighted by Crippen LogP contribution is -2.02. The number of aromatic amines is 2. The van der Waals surface area contributed by atoms with E-state index in [1.54, 1.807) is 65.1 Å². The molecule has 13 heteroatoms. The van der Waals surface area contributed by atoms with E-state index in [0.717, 1.165) is 98.0 Å². The Labute approximate surface area is 400 Å². The van der Waals surface area contributed by atoms with Crippen LogP contribution in [0, 0.1) is 0 Å². The van der Waals surface area contributed by atoms with Gasteiger partial charge in [0.2, 0.25) is 11.5 Å². The molecule has 2 aliphatic heterocycles. The van der Waals surface area contributed by atoms with Crippen LogP contribution in [0.4, 0.5) is 0 Å². The van der Waals surface area contributed by atoms with Crippen molar-refractivity contribution in [2.75, 3.05) is 41.7 Å². The maximum absolute atomic E-state index is 12.1. The average molecular weight is 924 g/mol. The van der Waals surface area contributed by atoms with Gasteiger partial charge in [0, 0.05) is 56.7 Å². The van der Waals surface area contributed by atoms with Crippen molar-refractivity contribution < 1.29 is 38.3 Å². The monoisotopic (exact) mass is 923 g/mol. The first-order valence-electron chi connectivity index (χ1n) is 23.0. The van der Waals surface area contributed by atoms with Crippen molar-refractivity contribution in [3.05, 3.63) is 126 Å². The molecule has 0 spiro atoms. The third-order valence-electron chi connectivity index (χ3n) is 12.1. The van der Waals surface area contributed by atoms with E-state index in [2.05, 4.69) is 28.8 Å². The summed E-state index contributed by atoms with van der Waals surface area (Å²) in [4.78, 5) is 34.7. The third kappa shape index (κ3) is 9.10. The van der Waals surface area contributed by atoms with Crippen LogP contribution in [0.25, 0.3) is 90.9 Å². The van der Waals surface area contributed by atoms with Crippen molar-refractivity contribution >= 4 is 52.3 Å². The largest absolute Gasteiger partial charge is 0.493 e. The lowest BCUT2D eigenvalue weighted by Gasteiger charge is -2.16. The zero-order valence-electron chi connectivity index (χ0n) is 39.4. The van der Waals surface area contributed by atoms with E-state index in [9.17, 15) is 9.90 Å². The number of nitrogens with zero attached hydrogens (tertiary/aromatic N) is 3. The van der Waals surface area contributed by atoms with E-state index in [4.69, 9.17) is 38.4 Å². The van der Waals surface area contributed by atoms with Gasteiger partial charge in [-0.3, -0.25) is 4.98 Å². The Balaban J connectivity index is 1.42. The summed E-state index contributed by atoms with van der Waals surface area (Å²) in [6.07, 6.45) is 15.2. The number of benzene rings is 3. The molecule has 3 N–H and O–H groups in total. The van der Waals surface area contributed by atoms with Gasteiger partial charge in [-0.2, -0.15) is 0 Å². The zero-order valence-corrected chi connectivity index (χ0v) is 39.4. The number of nitrogens with one attached hydrogen (secondary N) is 2. The highest BCUT2D eigenvalue weighted by Gasteiger charge is 2.23. The van der Waals surface area contributed by atoms with E-state index in [0.29, 0.717) is 64.8 Å². The molecule has 3 aromatic carbocycles. The first kappa shape index (κ1) is 45.8. The SMILES string of the molecule is CCCCOc1c(OC)cc(-c2c3nc(c(-c4ccc(C(=O)O)cc4)c4ccc([nH]4)c(-c4cc(OC)c(OCCCC)c(OC)c4)c4nc(c(-c5ccncc5)c5ccc2[nH]5)C=C4)C=C3)cc1OC. The lowest BCUT2D eigenvalue weighted by molar-refractivity contribution is 0.0697. The second-order valence-corrected chi connectivity index (χ2v) is 16.4. The maximum Gasteiger partial charge on any atom is 0.335 e. The van der Waals surface area contributed by atoms with E-state index < -0.39 is 5.97 Å². The number of hydrogen-bond donors (Lipinski definition) is 3. The first-order chi connectivity index (χ1) is 33.8. The fourth-order valence-corrected chi connectivity index (χ4v) is 8.69. The van der Waals surface area contributed by atoms with Crippen LogP contribution in [0.3, 0.4) is 0 Å². The number of methoxy groups -OCH3 is 4. The Bertz CT molecular complexity index is 3160. The minimum Gasteiger partial charge on any atom is -0.493 e. The van der Waals surface area contributed by atoms with E-state index >= 15 is 0 Å². The van der Waals surface area contributed by atoms with Gasteiger partial charge in [-0.25, -0.2) is 14.8 Å². The summed E-state index contributed by atoms with van der Waals surface area (Å²) in [6.45, 7) is 5.24. The summed E-state index contributed by atoms with van der Waals surface area (Å²) in [6, 6.07) is 26.7. The number of hydrogen-bond acceptors (Lipinski definition) is 10. The molecule has 6 heterocycles. The van der Waals surface area contributed by atoms with Gasteiger partial charge in [0.05, 0.1) is 70.0 Å². The third-order valence-corrected chi connectivity index (χ3v) is 12.1. The number of aromatic carboxylic acids is 1. The predicted molar refractivity (Wildman–Crippen MR) is 272 cm³/mol. The van der Waals surface area contributed by atoms with Crippen LogP contribution in [0.2, 0.25) is 0 Å². The fourth-order valence-electron chi connectivity index (χ4n) is 8.69. The van der Waals surface area contributed by atoms with Crippen molar-refractivity contribution in [1.29, 1.82) is 0 Å². The molecule has 0 aliphatic carbocycles. The molecule has 9 rings (SSSR count). The molecule has 0 unspecified atom stereocenters. The minimum atomic E-state index is -1.02. The molecule has 350 valence electrons. The van der Waals surface area contributed by atoms with Crippen molar-refractivity contribution in [1.82, 2.24) is 24.9 Å². The van der Waals surface area contributed by atoms with Gasteiger partial charge in [-0.15, -0.1) is 0 Å². The highest BCUT2D eigenvalue weighted by atomic mass is 16.5. The zero-order chi connectivity index (χ0) is 48.0. The molecular weight excluding hydrogens is 871 g/mol. The van der Waals surface area contributed by atoms with Crippen molar-refractivity contribution in [2.45, 2.75) is 39.5 Å². The summed E-state index contributed by atoms with van der Waals surface area (Å²) in [7, 11) is 6.47. The number of rotatable bonds is 17. The Morgan fingerprint density at radius 3 is 1.17 bits per heavy atom. The summed E-state index contributed by atoms with van der Waals surface area (Å²) in [5, 5.41) is 9.88. The number of carboxylic acid groups (broad SMARTS) is 1. The van der Waals surface area contributed by atoms with Gasteiger partial charge in [0.1, 0.15) is 0 Å². The Kier molecular flexibility index (Phi) is 13.5. The molecule has 0 radical (unpaired) electrons. The molecule has 0 saturated carbocycles. The highest BCUT2D eigenvalue weighted by Crippen LogP contribution is 2.46. The molecule has 0 fully saturated rings. The van der Waals surface area contributed by atoms with Crippen molar-refractivity contribution in [3.8, 4) is 79.0 Å².